The highest BCUT2D eigenvalue weighted by Gasteiger charge is 2.36. The maximum absolute atomic E-state index is 12.7. The third-order valence-corrected chi connectivity index (χ3v) is 6.76. The molecule has 0 radical (unpaired) electrons. The molecule has 0 atom stereocenters. The van der Waals surface area contributed by atoms with Crippen molar-refractivity contribution in [3.8, 4) is 5.75 Å². The van der Waals surface area contributed by atoms with Crippen molar-refractivity contribution in [3.05, 3.63) is 70.8 Å². The minimum atomic E-state index is -0.561. The Bertz CT molecular complexity index is 1360. The molecule has 3 aliphatic heterocycles. The van der Waals surface area contributed by atoms with E-state index in [1.165, 1.54) is 11.1 Å². The number of carbonyl (C=O) groups is 3. The first-order chi connectivity index (χ1) is 17.9. The first-order valence-corrected chi connectivity index (χ1v) is 12.4. The average Bonchev–Trinajstić information content (AvgIpc) is 3.30. The molecule has 1 N–H and O–H groups in total. The Morgan fingerprint density at radius 3 is 2.51 bits per heavy atom. The number of aryl methyl sites for hydroxylation is 1. The van der Waals surface area contributed by atoms with Crippen molar-refractivity contribution in [1.82, 2.24) is 9.91 Å². The number of fused-ring (bicyclic) bond motifs is 1. The van der Waals surface area contributed by atoms with Crippen LogP contribution in [0.3, 0.4) is 0 Å². The summed E-state index contributed by atoms with van der Waals surface area (Å²) in [7, 11) is 0. The quantitative estimate of drug-likeness (QED) is 0.367. The van der Waals surface area contributed by atoms with Crippen LogP contribution in [-0.4, -0.2) is 70.0 Å². The predicted octanol–water partition coefficient (Wildman–Crippen LogP) is 3.08. The number of hydrogen-bond acceptors (Lipinski definition) is 8. The van der Waals surface area contributed by atoms with E-state index < -0.39 is 11.9 Å². The van der Waals surface area contributed by atoms with Gasteiger partial charge in [0.1, 0.15) is 10.8 Å². The topological polar surface area (TPSA) is 125 Å². The van der Waals surface area contributed by atoms with Crippen LogP contribution in [0.4, 0.5) is 0 Å². The zero-order valence-corrected chi connectivity index (χ0v) is 20.8. The van der Waals surface area contributed by atoms with Crippen LogP contribution in [0.15, 0.2) is 64.2 Å². The summed E-state index contributed by atoms with van der Waals surface area (Å²) in [5.74, 6) is -0.870. The highest BCUT2D eigenvalue weighted by atomic mass is 32.2. The number of amides is 2. The van der Waals surface area contributed by atoms with Gasteiger partial charge >= 0.3 is 5.97 Å². The van der Waals surface area contributed by atoms with Crippen LogP contribution >= 0.6 is 11.8 Å². The van der Waals surface area contributed by atoms with E-state index in [-0.39, 0.29) is 28.9 Å². The first kappa shape index (κ1) is 24.6. The summed E-state index contributed by atoms with van der Waals surface area (Å²) in [6.07, 6.45) is 1.61. The monoisotopic (exact) mass is 517 g/mol. The number of morpholine rings is 1. The molecule has 1 fully saturated rings. The van der Waals surface area contributed by atoms with Gasteiger partial charge in [-0.2, -0.15) is 15.1 Å². The van der Waals surface area contributed by atoms with Gasteiger partial charge in [0, 0.05) is 13.1 Å². The highest BCUT2D eigenvalue weighted by molar-refractivity contribution is 8.27. The third kappa shape index (κ3) is 5.52. The molecule has 2 amide bonds. The van der Waals surface area contributed by atoms with Crippen LogP contribution in [-0.2, 0) is 14.3 Å². The Morgan fingerprint density at radius 1 is 1.11 bits per heavy atom. The molecular formula is C26H23N5O5S. The van der Waals surface area contributed by atoms with Crippen LogP contribution in [0.25, 0.3) is 6.08 Å². The van der Waals surface area contributed by atoms with E-state index in [0.717, 1.165) is 17.3 Å². The number of aliphatic imine (C=N–C) groups is 1. The number of esters is 1. The van der Waals surface area contributed by atoms with Crippen LogP contribution in [0.5, 0.6) is 5.75 Å². The van der Waals surface area contributed by atoms with E-state index in [9.17, 15) is 14.4 Å². The van der Waals surface area contributed by atoms with Gasteiger partial charge in [-0.05, 0) is 54.6 Å². The molecule has 0 spiro atoms. The van der Waals surface area contributed by atoms with E-state index in [1.54, 1.807) is 41.3 Å². The fraction of sp³-hybridized carbons (Fsp3) is 0.231. The molecule has 1 saturated heterocycles. The zero-order chi connectivity index (χ0) is 25.9. The number of rotatable bonds is 5. The van der Waals surface area contributed by atoms with Crippen molar-refractivity contribution in [2.24, 2.45) is 10.1 Å². The van der Waals surface area contributed by atoms with Gasteiger partial charge in [-0.25, -0.2) is 4.79 Å². The summed E-state index contributed by atoms with van der Waals surface area (Å²) in [6, 6.07) is 13.7. The molecule has 11 heteroatoms. The van der Waals surface area contributed by atoms with Gasteiger partial charge in [0.05, 0.1) is 30.8 Å². The van der Waals surface area contributed by atoms with E-state index in [1.807, 2.05) is 19.1 Å². The lowest BCUT2D eigenvalue weighted by Crippen LogP contribution is -2.41. The molecule has 2 aromatic carbocycles. The second-order valence-corrected chi connectivity index (χ2v) is 9.55. The Morgan fingerprint density at radius 2 is 1.81 bits per heavy atom. The summed E-state index contributed by atoms with van der Waals surface area (Å²) in [4.78, 5) is 43.3. The molecular weight excluding hydrogens is 494 g/mol. The normalized spacial score (nSPS) is 18.5. The van der Waals surface area contributed by atoms with Crippen LogP contribution in [0.2, 0.25) is 0 Å². The lowest BCUT2D eigenvalue weighted by atomic mass is 10.1. The number of hydrogen-bond donors (Lipinski definition) is 1. The SMILES string of the molecule is Cc1ccc(C(=O)Oc2ccc(/C=C3/C(=N)N4N=C(CC(=O)N5CCOCC5)SC4=NC3=O)cc2)cc1. The number of benzene rings is 2. The van der Waals surface area contributed by atoms with E-state index in [0.29, 0.717) is 48.2 Å². The van der Waals surface area contributed by atoms with Gasteiger partial charge < -0.3 is 14.4 Å². The van der Waals surface area contributed by atoms with Crippen molar-refractivity contribution < 1.29 is 23.9 Å². The summed E-state index contributed by atoms with van der Waals surface area (Å²) >= 11 is 1.12. The second-order valence-electron chi connectivity index (χ2n) is 8.51. The van der Waals surface area contributed by atoms with Gasteiger partial charge in [0.15, 0.2) is 5.84 Å². The van der Waals surface area contributed by atoms with Crippen molar-refractivity contribution in [3.63, 3.8) is 0 Å². The molecule has 0 aliphatic carbocycles. The summed E-state index contributed by atoms with van der Waals surface area (Å²) < 4.78 is 10.7. The van der Waals surface area contributed by atoms with Gasteiger partial charge in [0.2, 0.25) is 11.1 Å². The van der Waals surface area contributed by atoms with E-state index in [4.69, 9.17) is 14.9 Å². The second kappa shape index (κ2) is 10.5. The summed E-state index contributed by atoms with van der Waals surface area (Å²) in [5.41, 5.74) is 2.18. The van der Waals surface area contributed by atoms with Gasteiger partial charge in [0.25, 0.3) is 5.91 Å². The smallest absolute Gasteiger partial charge is 0.343 e. The van der Waals surface area contributed by atoms with Crippen molar-refractivity contribution in [2.75, 3.05) is 26.3 Å². The van der Waals surface area contributed by atoms with Gasteiger partial charge in [-0.1, -0.05) is 29.8 Å². The molecule has 5 rings (SSSR count). The summed E-state index contributed by atoms with van der Waals surface area (Å²) in [5, 5.41) is 14.9. The fourth-order valence-electron chi connectivity index (χ4n) is 3.81. The van der Waals surface area contributed by atoms with E-state index in [2.05, 4.69) is 10.1 Å². The number of hydrazone groups is 1. The molecule has 3 aliphatic rings. The van der Waals surface area contributed by atoms with Crippen LogP contribution in [0.1, 0.15) is 27.9 Å². The molecule has 10 nitrogen and oxygen atoms in total. The molecule has 0 saturated carbocycles. The fourth-order valence-corrected chi connectivity index (χ4v) is 4.69. The minimum absolute atomic E-state index is 0.0678. The number of carbonyl (C=O) groups excluding carboxylic acids is 3. The van der Waals surface area contributed by atoms with Crippen LogP contribution in [0, 0.1) is 12.3 Å². The first-order valence-electron chi connectivity index (χ1n) is 11.6. The average molecular weight is 518 g/mol. The van der Waals surface area contributed by atoms with Gasteiger partial charge in [-0.15, -0.1) is 0 Å². The maximum Gasteiger partial charge on any atom is 0.343 e. The molecule has 3 heterocycles. The van der Waals surface area contributed by atoms with Crippen LogP contribution < -0.4 is 4.74 Å². The number of nitrogens with zero attached hydrogens (tertiary/aromatic N) is 4. The van der Waals surface area contributed by atoms with Crippen molar-refractivity contribution in [2.45, 2.75) is 13.3 Å². The van der Waals surface area contributed by atoms with Crippen molar-refractivity contribution >= 4 is 51.7 Å². The molecule has 188 valence electrons. The van der Waals surface area contributed by atoms with Gasteiger partial charge in [-0.3, -0.25) is 15.0 Å². The largest absolute Gasteiger partial charge is 0.423 e. The molecule has 0 unspecified atom stereocenters. The number of thioether (sulfide) groups is 1. The molecule has 37 heavy (non-hydrogen) atoms. The Kier molecular flexibility index (Phi) is 6.97. The Balaban J connectivity index is 1.26. The number of amidine groups is 2. The molecule has 2 aromatic rings. The third-order valence-electron chi connectivity index (χ3n) is 5.85. The Labute approximate surface area is 217 Å². The maximum atomic E-state index is 12.7. The lowest BCUT2D eigenvalue weighted by Gasteiger charge is -2.26. The van der Waals surface area contributed by atoms with Crippen molar-refractivity contribution in [1.29, 1.82) is 5.41 Å². The molecule has 0 bridgehead atoms. The lowest BCUT2D eigenvalue weighted by molar-refractivity contribution is -0.133. The highest BCUT2D eigenvalue weighted by Crippen LogP contribution is 2.30. The number of ether oxygens (including phenoxy) is 2. The summed E-state index contributed by atoms with van der Waals surface area (Å²) in [6.45, 7) is 4.02. The van der Waals surface area contributed by atoms with E-state index >= 15 is 0 Å². The minimum Gasteiger partial charge on any atom is -0.423 e. The standard InChI is InChI=1S/C26H23N5O5S/c1-16-2-6-18(7-3-16)25(34)36-19-8-4-17(5-9-19)14-20-23(27)31-26(28-24(20)33)37-21(29-31)15-22(32)30-10-12-35-13-11-30/h2-9,14,27H,10-13,15H2,1H3/b20-14-,27-23?. The number of nitrogens with one attached hydrogen (secondary N) is 1. The zero-order valence-electron chi connectivity index (χ0n) is 20.0. The molecule has 0 aromatic heterocycles. The predicted molar refractivity (Wildman–Crippen MR) is 140 cm³/mol. The Hall–Kier alpha value is -4.09.